The summed E-state index contributed by atoms with van der Waals surface area (Å²) in [5.41, 5.74) is 7.19. The molecule has 1 unspecified atom stereocenters. The number of anilines is 1. The van der Waals surface area contributed by atoms with E-state index in [9.17, 15) is 4.79 Å². The Morgan fingerprint density at radius 3 is 2.68 bits per heavy atom. The van der Waals surface area contributed by atoms with E-state index >= 15 is 0 Å². The van der Waals surface area contributed by atoms with E-state index < -0.39 is 6.04 Å². The van der Waals surface area contributed by atoms with Crippen molar-refractivity contribution in [2.75, 3.05) is 25.6 Å². The molecule has 1 aromatic rings. The first-order valence-electron chi connectivity index (χ1n) is 5.83. The third-order valence-electron chi connectivity index (χ3n) is 2.35. The number of ether oxygens (including phenoxy) is 2. The van der Waals surface area contributed by atoms with Crippen LogP contribution in [0, 0.1) is 6.92 Å². The molecular formula is C13H21ClN2O3. The molecule has 1 amide bonds. The molecule has 5 nitrogen and oxygen atoms in total. The van der Waals surface area contributed by atoms with Gasteiger partial charge in [0.2, 0.25) is 5.91 Å². The van der Waals surface area contributed by atoms with E-state index in [-0.39, 0.29) is 18.3 Å². The Labute approximate surface area is 119 Å². The summed E-state index contributed by atoms with van der Waals surface area (Å²) in [6, 6.07) is 5.02. The number of nitrogens with one attached hydrogen (secondary N) is 1. The van der Waals surface area contributed by atoms with Crippen molar-refractivity contribution in [3.63, 3.8) is 0 Å². The lowest BCUT2D eigenvalue weighted by atomic mass is 10.2. The Bertz CT molecular complexity index is 411. The third-order valence-corrected chi connectivity index (χ3v) is 2.35. The number of benzene rings is 1. The van der Waals surface area contributed by atoms with Gasteiger partial charge in [-0.05, 0) is 31.5 Å². The van der Waals surface area contributed by atoms with Crippen molar-refractivity contribution in [3.05, 3.63) is 23.8 Å². The van der Waals surface area contributed by atoms with Crippen LogP contribution >= 0.6 is 12.4 Å². The Kier molecular flexibility index (Phi) is 8.14. The SMILES string of the molecule is COCCOc1cc(C)ccc1NC(=O)C(C)N.Cl. The second-order valence-electron chi connectivity index (χ2n) is 4.12. The molecular weight excluding hydrogens is 268 g/mol. The van der Waals surface area contributed by atoms with Crippen molar-refractivity contribution >= 4 is 24.0 Å². The summed E-state index contributed by atoms with van der Waals surface area (Å²) in [7, 11) is 1.61. The first-order valence-corrected chi connectivity index (χ1v) is 5.83. The van der Waals surface area contributed by atoms with Crippen LogP contribution in [0.5, 0.6) is 5.75 Å². The predicted molar refractivity (Wildman–Crippen MR) is 78.1 cm³/mol. The zero-order valence-electron chi connectivity index (χ0n) is 11.4. The Morgan fingerprint density at radius 2 is 2.11 bits per heavy atom. The minimum Gasteiger partial charge on any atom is -0.489 e. The number of aryl methyl sites for hydroxylation is 1. The van der Waals surface area contributed by atoms with Crippen LogP contribution in [0.25, 0.3) is 0 Å². The molecule has 0 bridgehead atoms. The lowest BCUT2D eigenvalue weighted by Gasteiger charge is -2.14. The quantitative estimate of drug-likeness (QED) is 0.782. The number of amides is 1. The number of hydrogen-bond donors (Lipinski definition) is 2. The largest absolute Gasteiger partial charge is 0.489 e. The van der Waals surface area contributed by atoms with E-state index in [1.165, 1.54) is 0 Å². The van der Waals surface area contributed by atoms with Gasteiger partial charge in [-0.25, -0.2) is 0 Å². The molecule has 1 atom stereocenters. The molecule has 0 saturated heterocycles. The highest BCUT2D eigenvalue weighted by Crippen LogP contribution is 2.25. The fourth-order valence-corrected chi connectivity index (χ4v) is 1.33. The second kappa shape index (κ2) is 8.74. The van der Waals surface area contributed by atoms with Gasteiger partial charge in [-0.2, -0.15) is 0 Å². The van der Waals surface area contributed by atoms with Gasteiger partial charge in [0.15, 0.2) is 0 Å². The van der Waals surface area contributed by atoms with Gasteiger partial charge in [0.25, 0.3) is 0 Å². The van der Waals surface area contributed by atoms with Crippen LogP contribution in [0.4, 0.5) is 5.69 Å². The smallest absolute Gasteiger partial charge is 0.241 e. The van der Waals surface area contributed by atoms with Crippen molar-refractivity contribution in [3.8, 4) is 5.75 Å². The standard InChI is InChI=1S/C13H20N2O3.ClH/c1-9-4-5-11(15-13(16)10(2)14)12(8-9)18-7-6-17-3;/h4-5,8,10H,6-7,14H2,1-3H3,(H,15,16);1H. The van der Waals surface area contributed by atoms with Gasteiger partial charge < -0.3 is 20.5 Å². The number of hydrogen-bond acceptors (Lipinski definition) is 4. The molecule has 1 rings (SSSR count). The number of carbonyl (C=O) groups excluding carboxylic acids is 1. The number of halogens is 1. The van der Waals surface area contributed by atoms with E-state index in [4.69, 9.17) is 15.2 Å². The molecule has 0 saturated carbocycles. The first kappa shape index (κ1) is 17.7. The highest BCUT2D eigenvalue weighted by atomic mass is 35.5. The molecule has 0 aliphatic carbocycles. The zero-order chi connectivity index (χ0) is 13.5. The molecule has 0 fully saturated rings. The van der Waals surface area contributed by atoms with Crippen LogP contribution in [-0.4, -0.2) is 32.3 Å². The summed E-state index contributed by atoms with van der Waals surface area (Å²) in [6.07, 6.45) is 0. The summed E-state index contributed by atoms with van der Waals surface area (Å²) in [5.74, 6) is 0.386. The van der Waals surface area contributed by atoms with Crippen molar-refractivity contribution in [2.24, 2.45) is 5.73 Å². The minimum absolute atomic E-state index is 0. The molecule has 108 valence electrons. The number of methoxy groups -OCH3 is 1. The molecule has 0 radical (unpaired) electrons. The van der Waals surface area contributed by atoms with Gasteiger partial charge in [0, 0.05) is 7.11 Å². The lowest BCUT2D eigenvalue weighted by molar-refractivity contribution is -0.117. The summed E-state index contributed by atoms with van der Waals surface area (Å²) < 4.78 is 10.5. The average Bonchev–Trinajstić information content (AvgIpc) is 2.32. The zero-order valence-corrected chi connectivity index (χ0v) is 12.3. The molecule has 0 spiro atoms. The van der Waals surface area contributed by atoms with Gasteiger partial charge in [0.1, 0.15) is 12.4 Å². The maximum absolute atomic E-state index is 11.6. The molecule has 19 heavy (non-hydrogen) atoms. The maximum atomic E-state index is 11.6. The van der Waals surface area contributed by atoms with Gasteiger partial charge in [0.05, 0.1) is 18.3 Å². The maximum Gasteiger partial charge on any atom is 0.241 e. The van der Waals surface area contributed by atoms with E-state index in [1.807, 2.05) is 19.1 Å². The molecule has 0 aliphatic rings. The normalized spacial score (nSPS) is 11.4. The van der Waals surface area contributed by atoms with Gasteiger partial charge in [-0.1, -0.05) is 6.07 Å². The average molecular weight is 289 g/mol. The second-order valence-corrected chi connectivity index (χ2v) is 4.12. The lowest BCUT2D eigenvalue weighted by Crippen LogP contribution is -2.32. The minimum atomic E-state index is -0.557. The van der Waals surface area contributed by atoms with Crippen LogP contribution < -0.4 is 15.8 Å². The monoisotopic (exact) mass is 288 g/mol. The van der Waals surface area contributed by atoms with Crippen molar-refractivity contribution < 1.29 is 14.3 Å². The van der Waals surface area contributed by atoms with Crippen molar-refractivity contribution in [2.45, 2.75) is 19.9 Å². The number of rotatable bonds is 6. The predicted octanol–water partition coefficient (Wildman–Crippen LogP) is 1.73. The highest BCUT2D eigenvalue weighted by Gasteiger charge is 2.11. The van der Waals surface area contributed by atoms with Crippen LogP contribution in [-0.2, 0) is 9.53 Å². The molecule has 0 aromatic heterocycles. The molecule has 1 aromatic carbocycles. The fourth-order valence-electron chi connectivity index (χ4n) is 1.33. The number of nitrogens with two attached hydrogens (primary N) is 1. The molecule has 6 heteroatoms. The molecule has 0 aliphatic heterocycles. The van der Waals surface area contributed by atoms with Gasteiger partial charge in [-0.15, -0.1) is 12.4 Å². The Hall–Kier alpha value is -1.30. The summed E-state index contributed by atoms with van der Waals surface area (Å²) in [6.45, 7) is 4.52. The van der Waals surface area contributed by atoms with Crippen LogP contribution in [0.2, 0.25) is 0 Å². The highest BCUT2D eigenvalue weighted by molar-refractivity contribution is 5.95. The van der Waals surface area contributed by atoms with Crippen molar-refractivity contribution in [1.29, 1.82) is 0 Å². The fraction of sp³-hybridized carbons (Fsp3) is 0.462. The summed E-state index contributed by atoms with van der Waals surface area (Å²) in [5, 5.41) is 2.73. The summed E-state index contributed by atoms with van der Waals surface area (Å²) >= 11 is 0. The molecule has 0 heterocycles. The van der Waals surface area contributed by atoms with Gasteiger partial charge in [-0.3, -0.25) is 4.79 Å². The topological polar surface area (TPSA) is 73.6 Å². The third kappa shape index (κ3) is 5.92. The van der Waals surface area contributed by atoms with Gasteiger partial charge >= 0.3 is 0 Å². The number of carbonyl (C=O) groups is 1. The van der Waals surface area contributed by atoms with E-state index in [2.05, 4.69) is 5.32 Å². The first-order chi connectivity index (χ1) is 8.54. The van der Waals surface area contributed by atoms with E-state index in [0.717, 1.165) is 5.56 Å². The molecule has 3 N–H and O–H groups in total. The van der Waals surface area contributed by atoms with Crippen LogP contribution in [0.3, 0.4) is 0 Å². The van der Waals surface area contributed by atoms with E-state index in [0.29, 0.717) is 24.7 Å². The Balaban J connectivity index is 0.00000324. The van der Waals surface area contributed by atoms with Crippen molar-refractivity contribution in [1.82, 2.24) is 0 Å². The van der Waals surface area contributed by atoms with Crippen LogP contribution in [0.15, 0.2) is 18.2 Å². The van der Waals surface area contributed by atoms with Crippen LogP contribution in [0.1, 0.15) is 12.5 Å². The Morgan fingerprint density at radius 1 is 1.42 bits per heavy atom. The summed E-state index contributed by atoms with van der Waals surface area (Å²) in [4.78, 5) is 11.6. The van der Waals surface area contributed by atoms with E-state index in [1.54, 1.807) is 20.1 Å².